The third-order valence-electron chi connectivity index (χ3n) is 2.40. The Kier molecular flexibility index (Phi) is 4.90. The fourth-order valence-corrected chi connectivity index (χ4v) is 1.33. The van der Waals surface area contributed by atoms with Crippen molar-refractivity contribution in [2.75, 3.05) is 18.4 Å². The average molecular weight is 237 g/mol. The molecule has 0 bridgehead atoms. The quantitative estimate of drug-likeness (QED) is 0.721. The van der Waals surface area contributed by atoms with Crippen LogP contribution in [0.4, 0.5) is 5.82 Å². The number of carbonyl (C=O) groups excluding carboxylic acids is 1. The van der Waals surface area contributed by atoms with Gasteiger partial charge in [-0.1, -0.05) is 13.8 Å². The van der Waals surface area contributed by atoms with E-state index in [4.69, 9.17) is 0 Å². The highest BCUT2D eigenvalue weighted by Gasteiger charge is 2.14. The molecule has 0 aliphatic heterocycles. The zero-order valence-corrected chi connectivity index (χ0v) is 10.4. The van der Waals surface area contributed by atoms with Crippen molar-refractivity contribution < 1.29 is 9.90 Å². The number of anilines is 1. The topological polar surface area (TPSA) is 74.2 Å². The van der Waals surface area contributed by atoms with Crippen LogP contribution in [0.15, 0.2) is 12.1 Å². The average Bonchev–Trinajstić information content (AvgIpc) is 2.30. The van der Waals surface area contributed by atoms with Crippen molar-refractivity contribution in [3.63, 3.8) is 0 Å². The van der Waals surface area contributed by atoms with Crippen LogP contribution < -0.4 is 10.6 Å². The summed E-state index contributed by atoms with van der Waals surface area (Å²) in [6, 6.07) is 3.21. The van der Waals surface area contributed by atoms with Crippen LogP contribution in [0.2, 0.25) is 0 Å². The zero-order valence-electron chi connectivity index (χ0n) is 10.4. The Labute approximate surface area is 101 Å². The largest absolute Gasteiger partial charge is 0.504 e. The minimum atomic E-state index is -0.170. The van der Waals surface area contributed by atoms with E-state index in [1.54, 1.807) is 13.0 Å². The molecule has 94 valence electrons. The molecule has 0 aromatic carbocycles. The summed E-state index contributed by atoms with van der Waals surface area (Å²) in [5.74, 6) is -0.117. The third kappa shape index (κ3) is 4.03. The van der Waals surface area contributed by atoms with Gasteiger partial charge in [-0.2, -0.15) is 0 Å². The highest BCUT2D eigenvalue weighted by molar-refractivity contribution is 5.92. The van der Waals surface area contributed by atoms with E-state index in [2.05, 4.69) is 15.6 Å². The van der Waals surface area contributed by atoms with Crippen LogP contribution in [0.25, 0.3) is 0 Å². The van der Waals surface area contributed by atoms with Crippen LogP contribution in [-0.4, -0.2) is 29.1 Å². The molecular formula is C12H19N3O2. The van der Waals surface area contributed by atoms with Crippen molar-refractivity contribution in [1.29, 1.82) is 0 Å². The second-order valence-corrected chi connectivity index (χ2v) is 4.02. The van der Waals surface area contributed by atoms with Gasteiger partial charge in [0, 0.05) is 18.2 Å². The molecule has 1 amide bonds. The molecule has 0 spiro atoms. The SMILES string of the molecule is CCNCC(C)C(=O)Nc1nc(C)ccc1O. The van der Waals surface area contributed by atoms with E-state index in [1.807, 2.05) is 13.8 Å². The summed E-state index contributed by atoms with van der Waals surface area (Å²) in [5.41, 5.74) is 0.748. The molecular weight excluding hydrogens is 218 g/mol. The molecule has 1 rings (SSSR count). The van der Waals surface area contributed by atoms with Gasteiger partial charge in [0.05, 0.1) is 0 Å². The molecule has 1 heterocycles. The Balaban J connectivity index is 2.64. The van der Waals surface area contributed by atoms with E-state index in [9.17, 15) is 9.90 Å². The fourth-order valence-electron chi connectivity index (χ4n) is 1.33. The van der Waals surface area contributed by atoms with Gasteiger partial charge in [0.25, 0.3) is 0 Å². The minimum Gasteiger partial charge on any atom is -0.504 e. The van der Waals surface area contributed by atoms with E-state index in [-0.39, 0.29) is 23.4 Å². The van der Waals surface area contributed by atoms with Crippen LogP contribution >= 0.6 is 0 Å². The first-order chi connectivity index (χ1) is 8.04. The molecule has 1 unspecified atom stereocenters. The number of aromatic hydroxyl groups is 1. The monoisotopic (exact) mass is 237 g/mol. The Morgan fingerprint density at radius 3 is 2.88 bits per heavy atom. The van der Waals surface area contributed by atoms with E-state index >= 15 is 0 Å². The molecule has 5 nitrogen and oxygen atoms in total. The molecule has 3 N–H and O–H groups in total. The second-order valence-electron chi connectivity index (χ2n) is 4.02. The number of pyridine rings is 1. The number of rotatable bonds is 5. The van der Waals surface area contributed by atoms with Crippen LogP contribution in [0.1, 0.15) is 19.5 Å². The maximum Gasteiger partial charge on any atom is 0.229 e. The normalized spacial score (nSPS) is 12.2. The maximum absolute atomic E-state index is 11.8. The van der Waals surface area contributed by atoms with Gasteiger partial charge < -0.3 is 15.7 Å². The van der Waals surface area contributed by atoms with Crippen LogP contribution in [0, 0.1) is 12.8 Å². The molecule has 0 aliphatic carbocycles. The van der Waals surface area contributed by atoms with E-state index in [0.29, 0.717) is 6.54 Å². The first kappa shape index (κ1) is 13.4. The summed E-state index contributed by atoms with van der Waals surface area (Å²) >= 11 is 0. The highest BCUT2D eigenvalue weighted by atomic mass is 16.3. The predicted octanol–water partition coefficient (Wildman–Crippen LogP) is 1.28. The molecule has 5 heteroatoms. The van der Waals surface area contributed by atoms with Gasteiger partial charge >= 0.3 is 0 Å². The molecule has 0 saturated carbocycles. The Morgan fingerprint density at radius 1 is 1.53 bits per heavy atom. The van der Waals surface area contributed by atoms with Gasteiger partial charge in [0.1, 0.15) is 0 Å². The standard InChI is InChI=1S/C12H19N3O2/c1-4-13-7-8(2)12(17)15-11-10(16)6-5-9(3)14-11/h5-6,8,13,16H,4,7H2,1-3H3,(H,14,15,17). The number of hydrogen-bond donors (Lipinski definition) is 3. The summed E-state index contributed by atoms with van der Waals surface area (Å²) in [6.45, 7) is 7.04. The molecule has 1 aromatic heterocycles. The molecule has 0 aliphatic rings. The summed E-state index contributed by atoms with van der Waals surface area (Å²) in [5, 5.41) is 15.3. The number of carbonyl (C=O) groups is 1. The smallest absolute Gasteiger partial charge is 0.229 e. The molecule has 0 fully saturated rings. The van der Waals surface area contributed by atoms with Crippen LogP contribution in [0.5, 0.6) is 5.75 Å². The Bertz CT molecular complexity index is 393. The van der Waals surface area contributed by atoms with Crippen LogP contribution in [-0.2, 0) is 4.79 Å². The number of hydrogen-bond acceptors (Lipinski definition) is 4. The Morgan fingerprint density at radius 2 is 2.24 bits per heavy atom. The summed E-state index contributed by atoms with van der Waals surface area (Å²) in [6.07, 6.45) is 0. The van der Waals surface area contributed by atoms with Crippen molar-refractivity contribution in [1.82, 2.24) is 10.3 Å². The van der Waals surface area contributed by atoms with E-state index < -0.39 is 0 Å². The van der Waals surface area contributed by atoms with Crippen molar-refractivity contribution in [2.45, 2.75) is 20.8 Å². The number of aryl methyl sites for hydroxylation is 1. The van der Waals surface area contributed by atoms with Crippen molar-refractivity contribution >= 4 is 11.7 Å². The fraction of sp³-hybridized carbons (Fsp3) is 0.500. The zero-order chi connectivity index (χ0) is 12.8. The lowest BCUT2D eigenvalue weighted by Crippen LogP contribution is -2.30. The van der Waals surface area contributed by atoms with Gasteiger partial charge in [0.2, 0.25) is 5.91 Å². The van der Waals surface area contributed by atoms with Crippen LogP contribution in [0.3, 0.4) is 0 Å². The highest BCUT2D eigenvalue weighted by Crippen LogP contribution is 2.20. The van der Waals surface area contributed by atoms with Crippen molar-refractivity contribution in [3.05, 3.63) is 17.8 Å². The molecule has 0 saturated heterocycles. The van der Waals surface area contributed by atoms with Crippen molar-refractivity contribution in [2.24, 2.45) is 5.92 Å². The van der Waals surface area contributed by atoms with Crippen molar-refractivity contribution in [3.8, 4) is 5.75 Å². The van der Waals surface area contributed by atoms with Gasteiger partial charge in [0.15, 0.2) is 11.6 Å². The lowest BCUT2D eigenvalue weighted by atomic mass is 10.1. The summed E-state index contributed by atoms with van der Waals surface area (Å²) < 4.78 is 0. The van der Waals surface area contributed by atoms with E-state index in [1.165, 1.54) is 6.07 Å². The predicted molar refractivity (Wildman–Crippen MR) is 67.0 cm³/mol. The summed E-state index contributed by atoms with van der Waals surface area (Å²) in [4.78, 5) is 15.9. The molecule has 1 atom stereocenters. The second kappa shape index (κ2) is 6.20. The first-order valence-corrected chi connectivity index (χ1v) is 5.72. The molecule has 0 radical (unpaired) electrons. The van der Waals surface area contributed by atoms with Gasteiger partial charge in [-0.05, 0) is 25.6 Å². The number of nitrogens with zero attached hydrogens (tertiary/aromatic N) is 1. The lowest BCUT2D eigenvalue weighted by molar-refractivity contribution is -0.119. The number of aromatic nitrogens is 1. The number of nitrogens with one attached hydrogen (secondary N) is 2. The third-order valence-corrected chi connectivity index (χ3v) is 2.40. The Hall–Kier alpha value is -1.62. The number of amides is 1. The maximum atomic E-state index is 11.8. The van der Waals surface area contributed by atoms with E-state index in [0.717, 1.165) is 12.2 Å². The van der Waals surface area contributed by atoms with Gasteiger partial charge in [-0.15, -0.1) is 0 Å². The first-order valence-electron chi connectivity index (χ1n) is 5.72. The molecule has 17 heavy (non-hydrogen) atoms. The molecule has 1 aromatic rings. The van der Waals surface area contributed by atoms with Gasteiger partial charge in [-0.3, -0.25) is 4.79 Å². The van der Waals surface area contributed by atoms with Gasteiger partial charge in [-0.25, -0.2) is 4.98 Å². The lowest BCUT2D eigenvalue weighted by Gasteiger charge is -2.12. The summed E-state index contributed by atoms with van der Waals surface area (Å²) in [7, 11) is 0. The minimum absolute atomic E-state index is 0.0143.